The minimum Gasteiger partial charge on any atom is -0.380 e. The zero-order valence-electron chi connectivity index (χ0n) is 13.0. The van der Waals surface area contributed by atoms with E-state index in [4.69, 9.17) is 4.74 Å². The van der Waals surface area contributed by atoms with Crippen LogP contribution in [0.4, 0.5) is 0 Å². The summed E-state index contributed by atoms with van der Waals surface area (Å²) in [6, 6.07) is 3.35. The first-order chi connectivity index (χ1) is 10.1. The molecule has 0 aliphatic rings. The molecule has 1 aromatic heterocycles. The van der Waals surface area contributed by atoms with Crippen LogP contribution in [0.25, 0.3) is 0 Å². The highest BCUT2D eigenvalue weighted by Crippen LogP contribution is 2.13. The van der Waals surface area contributed by atoms with E-state index in [2.05, 4.69) is 10.3 Å². The number of nitrogens with one attached hydrogen (secondary N) is 1. The molecule has 0 saturated carbocycles. The van der Waals surface area contributed by atoms with Gasteiger partial charge in [0.15, 0.2) is 5.03 Å². The van der Waals surface area contributed by atoms with Gasteiger partial charge in [0.05, 0.1) is 6.61 Å². The number of nitrogens with zero attached hydrogens (tertiary/aromatic N) is 2. The Morgan fingerprint density at radius 2 is 2.05 bits per heavy atom. The lowest BCUT2D eigenvalue weighted by Gasteiger charge is -2.19. The molecule has 0 amide bonds. The minimum atomic E-state index is -3.55. The minimum absolute atomic E-state index is 0.0843. The molecule has 0 bridgehead atoms. The highest BCUT2D eigenvalue weighted by Gasteiger charge is 2.23. The first-order valence-corrected chi connectivity index (χ1v) is 8.73. The Morgan fingerprint density at radius 3 is 2.57 bits per heavy atom. The van der Waals surface area contributed by atoms with E-state index in [0.717, 1.165) is 12.1 Å². The van der Waals surface area contributed by atoms with Gasteiger partial charge in [-0.05, 0) is 25.1 Å². The van der Waals surface area contributed by atoms with Crippen LogP contribution in [0.3, 0.4) is 0 Å². The summed E-state index contributed by atoms with van der Waals surface area (Å²) in [4.78, 5) is 4.09. The molecule has 7 heteroatoms. The first kappa shape index (κ1) is 18.0. The summed E-state index contributed by atoms with van der Waals surface area (Å²) >= 11 is 0. The maximum absolute atomic E-state index is 12.5. The van der Waals surface area contributed by atoms with Crippen LogP contribution in [0.15, 0.2) is 23.4 Å². The first-order valence-electron chi connectivity index (χ1n) is 7.29. The highest BCUT2D eigenvalue weighted by molar-refractivity contribution is 7.89. The number of ether oxygens (including phenoxy) is 1. The van der Waals surface area contributed by atoms with Gasteiger partial charge >= 0.3 is 0 Å². The van der Waals surface area contributed by atoms with Crippen molar-refractivity contribution in [2.75, 3.05) is 32.8 Å². The fraction of sp³-hybridized carbons (Fsp3) is 0.643. The van der Waals surface area contributed by atoms with E-state index in [1.165, 1.54) is 4.31 Å². The van der Waals surface area contributed by atoms with Crippen LogP contribution in [-0.2, 0) is 21.3 Å². The lowest BCUT2D eigenvalue weighted by atomic mass is 10.3. The molecule has 6 nitrogen and oxygen atoms in total. The number of rotatable bonds is 10. The number of pyridine rings is 1. The highest BCUT2D eigenvalue weighted by atomic mass is 32.2. The second kappa shape index (κ2) is 9.09. The average molecular weight is 315 g/mol. The molecule has 21 heavy (non-hydrogen) atoms. The standard InChI is InChI=1S/C14H25N3O3S/c1-4-15-11-13-7-8-14(16-12-13)21(18,19)17(5-2)9-10-20-6-3/h7-8,12,15H,4-6,9-11H2,1-3H3. The third-order valence-corrected chi connectivity index (χ3v) is 4.91. The zero-order valence-corrected chi connectivity index (χ0v) is 13.8. The Balaban J connectivity index is 2.79. The van der Waals surface area contributed by atoms with Gasteiger partial charge in [-0.15, -0.1) is 0 Å². The Morgan fingerprint density at radius 1 is 1.29 bits per heavy atom. The molecule has 0 saturated heterocycles. The summed E-state index contributed by atoms with van der Waals surface area (Å²) < 4.78 is 31.6. The van der Waals surface area contributed by atoms with E-state index < -0.39 is 10.0 Å². The van der Waals surface area contributed by atoms with Gasteiger partial charge in [-0.25, -0.2) is 13.4 Å². The smallest absolute Gasteiger partial charge is 0.260 e. The van der Waals surface area contributed by atoms with E-state index in [0.29, 0.717) is 32.8 Å². The molecule has 0 aliphatic heterocycles. The topological polar surface area (TPSA) is 71.5 Å². The third-order valence-electron chi connectivity index (χ3n) is 3.02. The van der Waals surface area contributed by atoms with Gasteiger partial charge in [0.25, 0.3) is 10.0 Å². The predicted molar refractivity (Wildman–Crippen MR) is 82.5 cm³/mol. The van der Waals surface area contributed by atoms with E-state index in [1.54, 1.807) is 18.3 Å². The summed E-state index contributed by atoms with van der Waals surface area (Å²) in [6.07, 6.45) is 1.60. The van der Waals surface area contributed by atoms with Crippen LogP contribution in [0.5, 0.6) is 0 Å². The van der Waals surface area contributed by atoms with E-state index in [-0.39, 0.29) is 5.03 Å². The molecule has 0 spiro atoms. The molecular formula is C14H25N3O3S. The lowest BCUT2D eigenvalue weighted by Crippen LogP contribution is -2.34. The fourth-order valence-corrected chi connectivity index (χ4v) is 3.17. The Hall–Kier alpha value is -1.02. The molecule has 0 aromatic carbocycles. The summed E-state index contributed by atoms with van der Waals surface area (Å²) in [5.41, 5.74) is 0.966. The molecule has 1 N–H and O–H groups in total. The van der Waals surface area contributed by atoms with Crippen molar-refractivity contribution in [3.8, 4) is 0 Å². The fourth-order valence-electron chi connectivity index (χ4n) is 1.83. The van der Waals surface area contributed by atoms with Crippen LogP contribution in [0, 0.1) is 0 Å². The van der Waals surface area contributed by atoms with Gasteiger partial charge in [-0.1, -0.05) is 19.9 Å². The Bertz CT molecular complexity index is 503. The maximum Gasteiger partial charge on any atom is 0.260 e. The van der Waals surface area contributed by atoms with Crippen molar-refractivity contribution in [1.82, 2.24) is 14.6 Å². The van der Waals surface area contributed by atoms with Gasteiger partial charge in [0.1, 0.15) is 0 Å². The molecule has 0 aliphatic carbocycles. The predicted octanol–water partition coefficient (Wildman–Crippen LogP) is 1.24. The van der Waals surface area contributed by atoms with Crippen molar-refractivity contribution in [3.63, 3.8) is 0 Å². The molecule has 120 valence electrons. The van der Waals surface area contributed by atoms with Gasteiger partial charge < -0.3 is 10.1 Å². The molecule has 0 unspecified atom stereocenters. The monoisotopic (exact) mass is 315 g/mol. The van der Waals surface area contributed by atoms with Crippen LogP contribution >= 0.6 is 0 Å². The molecule has 0 atom stereocenters. The zero-order chi connectivity index (χ0) is 15.7. The van der Waals surface area contributed by atoms with Crippen molar-refractivity contribution in [1.29, 1.82) is 0 Å². The third kappa shape index (κ3) is 5.35. The summed E-state index contributed by atoms with van der Waals surface area (Å²) in [5, 5.41) is 3.26. The second-order valence-electron chi connectivity index (χ2n) is 4.48. The van der Waals surface area contributed by atoms with Crippen LogP contribution < -0.4 is 5.32 Å². The molecule has 0 radical (unpaired) electrons. The second-order valence-corrected chi connectivity index (χ2v) is 6.36. The molecule has 1 aromatic rings. The van der Waals surface area contributed by atoms with Crippen molar-refractivity contribution < 1.29 is 13.2 Å². The van der Waals surface area contributed by atoms with Crippen molar-refractivity contribution in [2.45, 2.75) is 32.3 Å². The summed E-state index contributed by atoms with van der Waals surface area (Å²) in [5.74, 6) is 0. The van der Waals surface area contributed by atoms with Crippen LogP contribution in [0.1, 0.15) is 26.3 Å². The summed E-state index contributed by atoms with van der Waals surface area (Å²) in [7, 11) is -3.55. The van der Waals surface area contributed by atoms with Crippen molar-refractivity contribution in [3.05, 3.63) is 23.9 Å². The Labute approximate surface area is 127 Å². The Kier molecular flexibility index (Phi) is 7.81. The summed E-state index contributed by atoms with van der Waals surface area (Å²) in [6.45, 7) is 8.97. The number of sulfonamides is 1. The van der Waals surface area contributed by atoms with Gasteiger partial charge in [0.2, 0.25) is 0 Å². The number of likely N-dealkylation sites (N-methyl/N-ethyl adjacent to an activating group) is 1. The van der Waals surface area contributed by atoms with Crippen LogP contribution in [-0.4, -0.2) is 50.6 Å². The van der Waals surface area contributed by atoms with Crippen molar-refractivity contribution in [2.24, 2.45) is 0 Å². The van der Waals surface area contributed by atoms with Gasteiger partial charge in [-0.2, -0.15) is 4.31 Å². The van der Waals surface area contributed by atoms with E-state index >= 15 is 0 Å². The average Bonchev–Trinajstić information content (AvgIpc) is 2.49. The quantitative estimate of drug-likeness (QED) is 0.658. The van der Waals surface area contributed by atoms with Gasteiger partial charge in [0, 0.05) is 32.4 Å². The number of hydrogen-bond donors (Lipinski definition) is 1. The normalized spacial score (nSPS) is 12.0. The number of aromatic nitrogens is 1. The SMILES string of the molecule is CCNCc1ccc(S(=O)(=O)N(CC)CCOCC)nc1. The van der Waals surface area contributed by atoms with Gasteiger partial charge in [-0.3, -0.25) is 0 Å². The van der Waals surface area contributed by atoms with Crippen molar-refractivity contribution >= 4 is 10.0 Å². The largest absolute Gasteiger partial charge is 0.380 e. The maximum atomic E-state index is 12.5. The van der Waals surface area contributed by atoms with E-state index in [1.807, 2.05) is 20.8 Å². The molecule has 1 rings (SSSR count). The molecule has 0 fully saturated rings. The van der Waals surface area contributed by atoms with E-state index in [9.17, 15) is 8.42 Å². The lowest BCUT2D eigenvalue weighted by molar-refractivity contribution is 0.135. The molecular weight excluding hydrogens is 290 g/mol. The number of hydrogen-bond acceptors (Lipinski definition) is 5. The van der Waals surface area contributed by atoms with Crippen LogP contribution in [0.2, 0.25) is 0 Å². The molecule has 1 heterocycles.